The lowest BCUT2D eigenvalue weighted by Crippen LogP contribution is -1.94. The highest BCUT2D eigenvalue weighted by Gasteiger charge is 1.98. The summed E-state index contributed by atoms with van der Waals surface area (Å²) in [4.78, 5) is 6.65. The maximum absolute atomic E-state index is 5.40. The Labute approximate surface area is 66.6 Å². The molecule has 2 heterocycles. The minimum Gasteiger partial charge on any atom is -0.369 e. The summed E-state index contributed by atoms with van der Waals surface area (Å²) in [6, 6.07) is 0. The summed E-state index contributed by atoms with van der Waals surface area (Å²) in [6.45, 7) is 0. The third-order valence-corrected chi connectivity index (χ3v) is 1.66. The first-order valence-electron chi connectivity index (χ1n) is 2.96. The normalized spacial score (nSPS) is 10.5. The summed E-state index contributed by atoms with van der Waals surface area (Å²) < 4.78 is 0.557. The van der Waals surface area contributed by atoms with E-state index in [2.05, 4.69) is 20.2 Å². The molecule has 0 atom stereocenters. The van der Waals surface area contributed by atoms with Gasteiger partial charge in [0.25, 0.3) is 0 Å². The molecule has 2 aromatic rings. The number of aromatic amines is 2. The lowest BCUT2D eigenvalue weighted by molar-refractivity contribution is 1.09. The number of anilines is 1. The van der Waals surface area contributed by atoms with E-state index in [1.165, 1.54) is 0 Å². The number of nitrogens with one attached hydrogen (secondary N) is 2. The Hall–Kier alpha value is -1.43. The summed E-state index contributed by atoms with van der Waals surface area (Å²) in [6.07, 6.45) is 1.61. The second-order valence-corrected chi connectivity index (χ2v) is 2.49. The van der Waals surface area contributed by atoms with Gasteiger partial charge in [-0.2, -0.15) is 10.1 Å². The minimum absolute atomic E-state index is 0.298. The molecule has 0 saturated carbocycles. The molecule has 2 rings (SSSR count). The van der Waals surface area contributed by atoms with Crippen molar-refractivity contribution in [3.8, 4) is 0 Å². The predicted octanol–water partition coefficient (Wildman–Crippen LogP) is 0.598. The monoisotopic (exact) mass is 167 g/mol. The van der Waals surface area contributed by atoms with Crippen molar-refractivity contribution >= 4 is 29.2 Å². The second-order valence-electron chi connectivity index (χ2n) is 2.08. The number of hydrogen-bond acceptors (Lipinski definition) is 4. The summed E-state index contributed by atoms with van der Waals surface area (Å²) in [7, 11) is 0. The summed E-state index contributed by atoms with van der Waals surface area (Å²) in [5.74, 6) is 0.298. The third-order valence-electron chi connectivity index (χ3n) is 1.34. The highest BCUT2D eigenvalue weighted by Crippen LogP contribution is 2.08. The number of aromatic nitrogens is 4. The van der Waals surface area contributed by atoms with Crippen LogP contribution in [0, 0.1) is 4.64 Å². The summed E-state index contributed by atoms with van der Waals surface area (Å²) in [5, 5.41) is 7.23. The fraction of sp³-hybridized carbons (Fsp3) is 0. The second kappa shape index (κ2) is 2.03. The van der Waals surface area contributed by atoms with E-state index >= 15 is 0 Å². The van der Waals surface area contributed by atoms with Crippen LogP contribution >= 0.6 is 12.2 Å². The molecule has 0 amide bonds. The topological polar surface area (TPSA) is 83.4 Å². The highest BCUT2D eigenvalue weighted by molar-refractivity contribution is 7.71. The number of nitrogen functional groups attached to an aromatic ring is 1. The van der Waals surface area contributed by atoms with Gasteiger partial charge in [0.1, 0.15) is 4.64 Å². The minimum atomic E-state index is 0.298. The lowest BCUT2D eigenvalue weighted by atomic mass is 10.4. The van der Waals surface area contributed by atoms with Crippen molar-refractivity contribution in [2.24, 2.45) is 0 Å². The molecular formula is C5H5N5S. The van der Waals surface area contributed by atoms with Gasteiger partial charge >= 0.3 is 0 Å². The van der Waals surface area contributed by atoms with Crippen molar-refractivity contribution in [2.75, 3.05) is 5.73 Å². The zero-order valence-electron chi connectivity index (χ0n) is 5.46. The SMILES string of the molecule is Nc1nc2[nH]ncc2c(=S)[nH]1. The van der Waals surface area contributed by atoms with Crippen LogP contribution < -0.4 is 5.73 Å². The Kier molecular flexibility index (Phi) is 1.16. The van der Waals surface area contributed by atoms with Crippen molar-refractivity contribution in [1.29, 1.82) is 0 Å². The fourth-order valence-electron chi connectivity index (χ4n) is 0.863. The van der Waals surface area contributed by atoms with E-state index in [1.54, 1.807) is 6.20 Å². The van der Waals surface area contributed by atoms with Crippen molar-refractivity contribution in [2.45, 2.75) is 0 Å². The van der Waals surface area contributed by atoms with Crippen molar-refractivity contribution in [3.63, 3.8) is 0 Å². The van der Waals surface area contributed by atoms with Gasteiger partial charge in [0.2, 0.25) is 5.95 Å². The zero-order valence-corrected chi connectivity index (χ0v) is 6.27. The van der Waals surface area contributed by atoms with Gasteiger partial charge in [-0.15, -0.1) is 0 Å². The van der Waals surface area contributed by atoms with Gasteiger partial charge in [-0.25, -0.2) is 0 Å². The molecule has 56 valence electrons. The van der Waals surface area contributed by atoms with Gasteiger partial charge in [-0.1, -0.05) is 12.2 Å². The molecule has 0 aliphatic carbocycles. The molecule has 0 saturated heterocycles. The van der Waals surface area contributed by atoms with Crippen molar-refractivity contribution in [1.82, 2.24) is 20.2 Å². The Bertz CT molecular complexity index is 441. The van der Waals surface area contributed by atoms with E-state index in [9.17, 15) is 0 Å². The van der Waals surface area contributed by atoms with E-state index in [-0.39, 0.29) is 0 Å². The molecule has 5 nitrogen and oxygen atoms in total. The maximum atomic E-state index is 5.40. The van der Waals surface area contributed by atoms with Crippen LogP contribution in [0.5, 0.6) is 0 Å². The van der Waals surface area contributed by atoms with E-state index in [4.69, 9.17) is 18.0 Å². The number of fused-ring (bicyclic) bond motifs is 1. The Morgan fingerprint density at radius 3 is 3.18 bits per heavy atom. The molecule has 2 aromatic heterocycles. The average Bonchev–Trinajstić information content (AvgIpc) is 2.34. The molecule has 0 bridgehead atoms. The molecule has 0 spiro atoms. The molecule has 0 aliphatic rings. The van der Waals surface area contributed by atoms with Crippen LogP contribution in [0.3, 0.4) is 0 Å². The average molecular weight is 167 g/mol. The van der Waals surface area contributed by atoms with Crippen molar-refractivity contribution < 1.29 is 0 Å². The first kappa shape index (κ1) is 6.29. The van der Waals surface area contributed by atoms with Gasteiger partial charge in [0.05, 0.1) is 11.6 Å². The number of nitrogens with two attached hydrogens (primary N) is 1. The van der Waals surface area contributed by atoms with Crippen LogP contribution in [-0.2, 0) is 0 Å². The first-order chi connectivity index (χ1) is 5.27. The number of nitrogens with zero attached hydrogens (tertiary/aromatic N) is 2. The molecule has 4 N–H and O–H groups in total. The molecule has 0 fully saturated rings. The number of hydrogen-bond donors (Lipinski definition) is 3. The lowest BCUT2D eigenvalue weighted by Gasteiger charge is -1.91. The smallest absolute Gasteiger partial charge is 0.200 e. The van der Waals surface area contributed by atoms with Crippen LogP contribution in [0.2, 0.25) is 0 Å². The summed E-state index contributed by atoms with van der Waals surface area (Å²) >= 11 is 4.96. The summed E-state index contributed by atoms with van der Waals surface area (Å²) in [5.41, 5.74) is 6.02. The van der Waals surface area contributed by atoms with Crippen LogP contribution in [0.15, 0.2) is 6.20 Å². The molecule has 6 heteroatoms. The highest BCUT2D eigenvalue weighted by atomic mass is 32.1. The zero-order chi connectivity index (χ0) is 7.84. The molecule has 0 aromatic carbocycles. The molecular weight excluding hydrogens is 162 g/mol. The van der Waals surface area contributed by atoms with Gasteiger partial charge in [-0.3, -0.25) is 5.10 Å². The van der Waals surface area contributed by atoms with E-state index < -0.39 is 0 Å². The Morgan fingerprint density at radius 2 is 2.36 bits per heavy atom. The molecule has 0 aliphatic heterocycles. The number of rotatable bonds is 0. The van der Waals surface area contributed by atoms with Crippen LogP contribution in [0.25, 0.3) is 11.0 Å². The van der Waals surface area contributed by atoms with E-state index in [1.807, 2.05) is 0 Å². The Balaban J connectivity index is 3.02. The molecule has 0 radical (unpaired) electrons. The van der Waals surface area contributed by atoms with Gasteiger partial charge in [0, 0.05) is 0 Å². The van der Waals surface area contributed by atoms with Crippen molar-refractivity contribution in [3.05, 3.63) is 10.8 Å². The quantitative estimate of drug-likeness (QED) is 0.501. The number of H-pyrrole nitrogens is 2. The fourth-order valence-corrected chi connectivity index (χ4v) is 1.12. The van der Waals surface area contributed by atoms with Gasteiger partial charge in [0.15, 0.2) is 5.65 Å². The predicted molar refractivity (Wildman–Crippen MR) is 43.5 cm³/mol. The van der Waals surface area contributed by atoms with E-state index in [0.717, 1.165) is 5.39 Å². The van der Waals surface area contributed by atoms with Crippen LogP contribution in [-0.4, -0.2) is 20.2 Å². The van der Waals surface area contributed by atoms with Gasteiger partial charge < -0.3 is 10.7 Å². The van der Waals surface area contributed by atoms with E-state index in [0.29, 0.717) is 16.2 Å². The Morgan fingerprint density at radius 1 is 1.55 bits per heavy atom. The maximum Gasteiger partial charge on any atom is 0.200 e. The molecule has 0 unspecified atom stereocenters. The standard InChI is InChI=1S/C5H5N5S/c6-5-8-3-2(1-7-10-3)4(11)9-5/h1H,(H4,6,7,8,9,10,11). The molecule has 11 heavy (non-hydrogen) atoms. The van der Waals surface area contributed by atoms with Gasteiger partial charge in [-0.05, 0) is 0 Å². The third kappa shape index (κ3) is 0.874. The first-order valence-corrected chi connectivity index (χ1v) is 3.37. The van der Waals surface area contributed by atoms with Crippen LogP contribution in [0.1, 0.15) is 0 Å². The largest absolute Gasteiger partial charge is 0.369 e. The van der Waals surface area contributed by atoms with Crippen LogP contribution in [0.4, 0.5) is 5.95 Å².